The highest BCUT2D eigenvalue weighted by molar-refractivity contribution is 5.84. The van der Waals surface area contributed by atoms with Gasteiger partial charge >= 0.3 is 0 Å². The van der Waals surface area contributed by atoms with Crippen molar-refractivity contribution in [1.82, 2.24) is 15.8 Å². The fourth-order valence-corrected chi connectivity index (χ4v) is 2.31. The first-order valence-corrected chi connectivity index (χ1v) is 8.36. The Bertz CT molecular complexity index is 907. The molecule has 0 aliphatic carbocycles. The first-order chi connectivity index (χ1) is 13.0. The van der Waals surface area contributed by atoms with Gasteiger partial charge in [0.1, 0.15) is 17.1 Å². The summed E-state index contributed by atoms with van der Waals surface area (Å²) in [4.78, 5) is 28.1. The van der Waals surface area contributed by atoms with Crippen LogP contribution in [0.1, 0.15) is 19.2 Å². The van der Waals surface area contributed by atoms with Gasteiger partial charge in [0, 0.05) is 12.8 Å². The van der Waals surface area contributed by atoms with Gasteiger partial charge in [-0.05, 0) is 43.3 Å². The average molecular weight is 371 g/mol. The molecule has 1 heterocycles. The summed E-state index contributed by atoms with van der Waals surface area (Å²) >= 11 is 0. The number of benzene rings is 2. The molecule has 2 aromatic carbocycles. The summed E-state index contributed by atoms with van der Waals surface area (Å²) in [5, 5.41) is 0. The molecule has 0 bridgehead atoms. The van der Waals surface area contributed by atoms with Gasteiger partial charge in [-0.1, -0.05) is 12.1 Å². The van der Waals surface area contributed by atoms with Crippen molar-refractivity contribution in [3.8, 4) is 5.75 Å². The molecule has 0 aliphatic rings. The van der Waals surface area contributed by atoms with Crippen molar-refractivity contribution in [3.05, 3.63) is 60.2 Å². The number of rotatable bonds is 6. The van der Waals surface area contributed by atoms with Gasteiger partial charge < -0.3 is 9.15 Å². The Morgan fingerprint density at radius 3 is 2.63 bits per heavy atom. The van der Waals surface area contributed by atoms with E-state index in [2.05, 4.69) is 15.8 Å². The number of ether oxygens (including phenoxy) is 1. The number of hydrogen-bond acceptors (Lipinski definition) is 5. The lowest BCUT2D eigenvalue weighted by Crippen LogP contribution is -2.47. The monoisotopic (exact) mass is 371 g/mol. The van der Waals surface area contributed by atoms with Crippen LogP contribution >= 0.6 is 0 Å². The molecule has 0 saturated heterocycles. The van der Waals surface area contributed by atoms with Crippen LogP contribution in [0.3, 0.4) is 0 Å². The van der Waals surface area contributed by atoms with Crippen LogP contribution in [-0.2, 0) is 16.0 Å². The predicted molar refractivity (Wildman–Crippen MR) is 95.1 cm³/mol. The summed E-state index contributed by atoms with van der Waals surface area (Å²) in [7, 11) is 0. The summed E-state index contributed by atoms with van der Waals surface area (Å²) in [6, 6.07) is 12.6. The minimum Gasteiger partial charge on any atom is -0.481 e. The minimum absolute atomic E-state index is 0.0975. The maximum Gasteiger partial charge on any atom is 0.279 e. The predicted octanol–water partition coefficient (Wildman–Crippen LogP) is 2.51. The first-order valence-electron chi connectivity index (χ1n) is 8.36. The number of nitrogens with one attached hydrogen (secondary N) is 2. The number of hydrogen-bond donors (Lipinski definition) is 2. The Hall–Kier alpha value is -3.42. The van der Waals surface area contributed by atoms with E-state index in [1.807, 2.05) is 18.2 Å². The molecule has 1 aromatic heterocycles. The third kappa shape index (κ3) is 5.04. The van der Waals surface area contributed by atoms with E-state index < -0.39 is 17.8 Å². The molecule has 0 aliphatic heterocycles. The minimum atomic E-state index is -0.868. The second-order valence-corrected chi connectivity index (χ2v) is 5.83. The number of carbonyl (C=O) groups excluding carboxylic acids is 2. The molecule has 2 N–H and O–H groups in total. The molecule has 7 nitrogen and oxygen atoms in total. The molecule has 0 spiro atoms. The number of aromatic nitrogens is 1. The maximum absolute atomic E-state index is 12.9. The van der Waals surface area contributed by atoms with Gasteiger partial charge in [0.15, 0.2) is 17.6 Å². The third-order valence-electron chi connectivity index (χ3n) is 3.72. The summed E-state index contributed by atoms with van der Waals surface area (Å²) in [6.45, 7) is 1.52. The van der Waals surface area contributed by atoms with Gasteiger partial charge in [-0.15, -0.1) is 0 Å². The Morgan fingerprint density at radius 2 is 1.89 bits per heavy atom. The summed E-state index contributed by atoms with van der Waals surface area (Å²) in [5.74, 6) is -0.521. The van der Waals surface area contributed by atoms with E-state index in [4.69, 9.17) is 9.15 Å². The van der Waals surface area contributed by atoms with E-state index in [9.17, 15) is 14.0 Å². The largest absolute Gasteiger partial charge is 0.481 e. The van der Waals surface area contributed by atoms with Gasteiger partial charge in [-0.25, -0.2) is 9.37 Å². The summed E-state index contributed by atoms with van der Waals surface area (Å²) < 4.78 is 23.8. The normalized spacial score (nSPS) is 11.8. The van der Waals surface area contributed by atoms with Gasteiger partial charge in [-0.3, -0.25) is 20.4 Å². The molecule has 2 amide bonds. The van der Waals surface area contributed by atoms with Crippen LogP contribution in [-0.4, -0.2) is 22.9 Å². The van der Waals surface area contributed by atoms with Crippen LogP contribution in [0.15, 0.2) is 52.9 Å². The molecule has 1 atom stereocenters. The second-order valence-electron chi connectivity index (χ2n) is 5.83. The number of fused-ring (bicyclic) bond motifs is 1. The van der Waals surface area contributed by atoms with Gasteiger partial charge in [0.05, 0.1) is 0 Å². The zero-order chi connectivity index (χ0) is 19.2. The molecule has 3 aromatic rings. The molecular weight excluding hydrogens is 353 g/mol. The Labute approximate surface area is 154 Å². The Balaban J connectivity index is 1.42. The number of oxazole rings is 1. The molecule has 0 unspecified atom stereocenters. The fourth-order valence-electron chi connectivity index (χ4n) is 2.31. The van der Waals surface area contributed by atoms with Crippen molar-refractivity contribution in [2.75, 3.05) is 0 Å². The third-order valence-corrected chi connectivity index (χ3v) is 3.72. The van der Waals surface area contributed by atoms with Crippen molar-refractivity contribution in [2.45, 2.75) is 25.9 Å². The fraction of sp³-hybridized carbons (Fsp3) is 0.211. The van der Waals surface area contributed by atoms with E-state index in [0.29, 0.717) is 23.6 Å². The summed E-state index contributed by atoms with van der Waals surface area (Å²) in [6.07, 6.45) is -0.467. The SMILES string of the molecule is C[C@@H](Oc1ccc(F)cc1)C(=O)NNC(=O)CCc1nc2ccccc2o1. The lowest BCUT2D eigenvalue weighted by molar-refractivity contribution is -0.132. The van der Waals surface area contributed by atoms with Crippen LogP contribution < -0.4 is 15.6 Å². The van der Waals surface area contributed by atoms with Crippen LogP contribution in [0.5, 0.6) is 5.75 Å². The standard InChI is InChI=1S/C19H18FN3O4/c1-12(26-14-8-6-13(20)7-9-14)19(25)23-22-17(24)10-11-18-21-15-4-2-3-5-16(15)27-18/h2-9,12H,10-11H2,1H3,(H,22,24)(H,23,25)/t12-/m1/s1. The number of hydrazine groups is 1. The van der Waals surface area contributed by atoms with Gasteiger partial charge in [0.25, 0.3) is 5.91 Å². The van der Waals surface area contributed by atoms with Crippen LogP contribution in [0.2, 0.25) is 0 Å². The topological polar surface area (TPSA) is 93.5 Å². The smallest absolute Gasteiger partial charge is 0.279 e. The highest BCUT2D eigenvalue weighted by Crippen LogP contribution is 2.15. The number of para-hydroxylation sites is 2. The van der Waals surface area contributed by atoms with Gasteiger partial charge in [0.2, 0.25) is 5.91 Å². The van der Waals surface area contributed by atoms with Gasteiger partial charge in [-0.2, -0.15) is 0 Å². The Morgan fingerprint density at radius 1 is 1.15 bits per heavy atom. The van der Waals surface area contributed by atoms with E-state index >= 15 is 0 Å². The van der Waals surface area contributed by atoms with Crippen LogP contribution in [0.25, 0.3) is 11.1 Å². The molecule has 0 saturated carbocycles. The van der Waals surface area contributed by atoms with Crippen molar-refractivity contribution < 1.29 is 23.1 Å². The number of nitrogens with zero attached hydrogens (tertiary/aromatic N) is 1. The van der Waals surface area contributed by atoms with Crippen LogP contribution in [0.4, 0.5) is 4.39 Å². The number of carbonyl (C=O) groups is 2. The zero-order valence-corrected chi connectivity index (χ0v) is 14.6. The molecule has 0 fully saturated rings. The summed E-state index contributed by atoms with van der Waals surface area (Å²) in [5.41, 5.74) is 5.99. The zero-order valence-electron chi connectivity index (χ0n) is 14.6. The lowest BCUT2D eigenvalue weighted by atomic mass is 10.3. The van der Waals surface area contributed by atoms with E-state index in [-0.39, 0.29) is 12.3 Å². The highest BCUT2D eigenvalue weighted by atomic mass is 19.1. The van der Waals surface area contributed by atoms with E-state index in [0.717, 1.165) is 5.52 Å². The molecular formula is C19H18FN3O4. The highest BCUT2D eigenvalue weighted by Gasteiger charge is 2.16. The molecule has 0 radical (unpaired) electrons. The number of aryl methyl sites for hydroxylation is 1. The number of halogens is 1. The first kappa shape index (κ1) is 18.4. The van der Waals surface area contributed by atoms with E-state index in [1.165, 1.54) is 31.2 Å². The average Bonchev–Trinajstić information content (AvgIpc) is 3.09. The number of amides is 2. The molecule has 140 valence electrons. The van der Waals surface area contributed by atoms with Crippen molar-refractivity contribution in [2.24, 2.45) is 0 Å². The van der Waals surface area contributed by atoms with Crippen molar-refractivity contribution in [1.29, 1.82) is 0 Å². The van der Waals surface area contributed by atoms with Crippen molar-refractivity contribution in [3.63, 3.8) is 0 Å². The lowest BCUT2D eigenvalue weighted by Gasteiger charge is -2.15. The van der Waals surface area contributed by atoms with Crippen molar-refractivity contribution >= 4 is 22.9 Å². The molecule has 27 heavy (non-hydrogen) atoms. The Kier molecular flexibility index (Phi) is 5.65. The molecule has 3 rings (SSSR count). The maximum atomic E-state index is 12.9. The van der Waals surface area contributed by atoms with Crippen LogP contribution in [0, 0.1) is 5.82 Å². The second kappa shape index (κ2) is 8.31. The molecule has 8 heteroatoms. The van der Waals surface area contributed by atoms with E-state index in [1.54, 1.807) is 6.07 Å². The quantitative estimate of drug-likeness (QED) is 0.650.